The average molecular weight is 440 g/mol. The highest BCUT2D eigenvalue weighted by Crippen LogP contribution is 2.44. The van der Waals surface area contributed by atoms with Crippen molar-refractivity contribution in [1.29, 1.82) is 0 Å². The van der Waals surface area contributed by atoms with Crippen LogP contribution in [0.5, 0.6) is 5.75 Å². The van der Waals surface area contributed by atoms with Gasteiger partial charge in [0, 0.05) is 0 Å². The summed E-state index contributed by atoms with van der Waals surface area (Å²) in [5, 5.41) is 11.0. The molecule has 3 heterocycles. The van der Waals surface area contributed by atoms with E-state index in [0.29, 0.717) is 21.7 Å². The van der Waals surface area contributed by atoms with Crippen LogP contribution in [0.1, 0.15) is 33.3 Å². The second kappa shape index (κ2) is 6.77. The number of carbonyl (C=O) groups is 1. The van der Waals surface area contributed by atoms with E-state index in [1.54, 1.807) is 48.5 Å². The number of hydrogen-bond acceptors (Lipinski definition) is 6. The first-order valence-corrected chi connectivity index (χ1v) is 10.9. The number of aromatic nitrogens is 1. The molecule has 2 aromatic heterocycles. The number of hydrogen-bond donors (Lipinski definition) is 1. The van der Waals surface area contributed by atoms with Gasteiger partial charge in [0.05, 0.1) is 27.2 Å². The van der Waals surface area contributed by atoms with E-state index in [1.807, 2.05) is 25.1 Å². The van der Waals surface area contributed by atoms with Gasteiger partial charge in [0.1, 0.15) is 11.3 Å². The Balaban J connectivity index is 1.65. The lowest BCUT2D eigenvalue weighted by molar-refractivity contribution is 0.0971. The van der Waals surface area contributed by atoms with Crippen molar-refractivity contribution in [2.75, 3.05) is 4.90 Å². The number of aryl methyl sites for hydroxylation is 1. The van der Waals surface area contributed by atoms with E-state index in [2.05, 4.69) is 4.98 Å². The zero-order valence-corrected chi connectivity index (χ0v) is 17.7. The highest BCUT2D eigenvalue weighted by Gasteiger charge is 2.45. The quantitative estimate of drug-likeness (QED) is 0.410. The average Bonchev–Trinajstić information content (AvgIpc) is 3.32. The van der Waals surface area contributed by atoms with Crippen molar-refractivity contribution in [2.24, 2.45) is 0 Å². The fourth-order valence-corrected chi connectivity index (χ4v) is 5.34. The third kappa shape index (κ3) is 2.68. The van der Waals surface area contributed by atoms with Gasteiger partial charge in [0.2, 0.25) is 5.76 Å². The second-order valence-electron chi connectivity index (χ2n) is 7.81. The van der Waals surface area contributed by atoms with Gasteiger partial charge in [-0.05, 0) is 54.4 Å². The lowest BCUT2D eigenvalue weighted by Gasteiger charge is -2.22. The number of rotatable bonds is 2. The SMILES string of the molecule is Cc1ccc2nc(N3C(=O)c4oc5ccccc5c(=O)c4[C@H]3c3cccc(O)c3)sc2c1. The van der Waals surface area contributed by atoms with E-state index >= 15 is 0 Å². The highest BCUT2D eigenvalue weighted by molar-refractivity contribution is 7.22. The Morgan fingerprint density at radius 3 is 2.72 bits per heavy atom. The highest BCUT2D eigenvalue weighted by atomic mass is 32.1. The van der Waals surface area contributed by atoms with Gasteiger partial charge in [0.25, 0.3) is 5.91 Å². The molecule has 7 heteroatoms. The minimum Gasteiger partial charge on any atom is -0.508 e. The number of benzene rings is 3. The number of thiazole rings is 1. The van der Waals surface area contributed by atoms with E-state index < -0.39 is 11.9 Å². The summed E-state index contributed by atoms with van der Waals surface area (Å²) in [6, 6.07) is 18.6. The maximum Gasteiger partial charge on any atom is 0.297 e. The number of fused-ring (bicyclic) bond motifs is 3. The number of phenols is 1. The van der Waals surface area contributed by atoms with Crippen molar-refractivity contribution in [1.82, 2.24) is 4.98 Å². The molecular formula is C25H16N2O4S. The first-order chi connectivity index (χ1) is 15.5. The molecule has 6 nitrogen and oxygen atoms in total. The molecule has 1 aliphatic rings. The molecule has 1 atom stereocenters. The fourth-order valence-electron chi connectivity index (χ4n) is 4.25. The number of aromatic hydroxyl groups is 1. The zero-order chi connectivity index (χ0) is 22.0. The summed E-state index contributed by atoms with van der Waals surface area (Å²) in [4.78, 5) is 33.3. The van der Waals surface area contributed by atoms with E-state index in [0.717, 1.165) is 15.8 Å². The molecule has 156 valence electrons. The van der Waals surface area contributed by atoms with Crippen LogP contribution in [0.2, 0.25) is 0 Å². The lowest BCUT2D eigenvalue weighted by Crippen LogP contribution is -2.29. The molecule has 0 bridgehead atoms. The van der Waals surface area contributed by atoms with Crippen LogP contribution in [0.4, 0.5) is 5.13 Å². The van der Waals surface area contributed by atoms with Crippen molar-refractivity contribution in [3.63, 3.8) is 0 Å². The van der Waals surface area contributed by atoms with Crippen molar-refractivity contribution >= 4 is 43.6 Å². The number of amides is 1. The minimum absolute atomic E-state index is 0.0116. The Bertz CT molecular complexity index is 1620. The van der Waals surface area contributed by atoms with Crippen LogP contribution in [0, 0.1) is 6.92 Å². The summed E-state index contributed by atoms with van der Waals surface area (Å²) < 4.78 is 6.89. The summed E-state index contributed by atoms with van der Waals surface area (Å²) in [6.07, 6.45) is 0. The molecule has 3 aromatic carbocycles. The van der Waals surface area contributed by atoms with Crippen molar-refractivity contribution in [2.45, 2.75) is 13.0 Å². The van der Waals surface area contributed by atoms with Gasteiger partial charge >= 0.3 is 0 Å². The summed E-state index contributed by atoms with van der Waals surface area (Å²) in [7, 11) is 0. The Morgan fingerprint density at radius 2 is 1.88 bits per heavy atom. The summed E-state index contributed by atoms with van der Waals surface area (Å²) in [6.45, 7) is 2.00. The maximum atomic E-state index is 13.6. The first-order valence-electron chi connectivity index (χ1n) is 10.1. The molecule has 1 N–H and O–H groups in total. The lowest BCUT2D eigenvalue weighted by atomic mass is 9.98. The molecule has 0 fully saturated rings. The molecule has 6 rings (SSSR count). The third-order valence-corrected chi connectivity index (χ3v) is 6.72. The molecule has 0 unspecified atom stereocenters. The van der Waals surface area contributed by atoms with Crippen LogP contribution in [-0.4, -0.2) is 16.0 Å². The molecule has 0 radical (unpaired) electrons. The van der Waals surface area contributed by atoms with Gasteiger partial charge in [0.15, 0.2) is 10.6 Å². The first kappa shape index (κ1) is 18.8. The second-order valence-corrected chi connectivity index (χ2v) is 8.82. The Labute approximate surface area is 186 Å². The maximum absolute atomic E-state index is 13.6. The number of anilines is 1. The number of phenolic OH excluding ortho intramolecular Hbond substituents is 1. The van der Waals surface area contributed by atoms with Crippen LogP contribution in [0.25, 0.3) is 21.2 Å². The van der Waals surface area contributed by atoms with Gasteiger partial charge in [-0.2, -0.15) is 0 Å². The molecule has 32 heavy (non-hydrogen) atoms. The van der Waals surface area contributed by atoms with Gasteiger partial charge in [-0.1, -0.05) is 41.7 Å². The molecule has 0 spiro atoms. The van der Waals surface area contributed by atoms with E-state index in [1.165, 1.54) is 16.2 Å². The predicted molar refractivity (Wildman–Crippen MR) is 124 cm³/mol. The summed E-state index contributed by atoms with van der Waals surface area (Å²) in [5.41, 5.74) is 2.84. The summed E-state index contributed by atoms with van der Waals surface area (Å²) >= 11 is 1.38. The normalized spacial score (nSPS) is 15.6. The van der Waals surface area contributed by atoms with E-state index in [4.69, 9.17) is 4.42 Å². The minimum atomic E-state index is -0.757. The van der Waals surface area contributed by atoms with E-state index in [-0.39, 0.29) is 22.5 Å². The van der Waals surface area contributed by atoms with Gasteiger partial charge < -0.3 is 9.52 Å². The predicted octanol–water partition coefficient (Wildman–Crippen LogP) is 5.17. The van der Waals surface area contributed by atoms with Crippen molar-refractivity contribution in [3.8, 4) is 5.75 Å². The number of nitrogens with zero attached hydrogens (tertiary/aromatic N) is 2. The molecular weight excluding hydrogens is 424 g/mol. The monoisotopic (exact) mass is 440 g/mol. The Hall–Kier alpha value is -3.97. The zero-order valence-electron chi connectivity index (χ0n) is 16.9. The molecule has 0 aliphatic carbocycles. The molecule has 0 saturated carbocycles. The van der Waals surface area contributed by atoms with Crippen LogP contribution in [0.3, 0.4) is 0 Å². The Kier molecular flexibility index (Phi) is 3.97. The van der Waals surface area contributed by atoms with Crippen LogP contribution < -0.4 is 10.3 Å². The largest absolute Gasteiger partial charge is 0.508 e. The van der Waals surface area contributed by atoms with Gasteiger partial charge in [-0.25, -0.2) is 4.98 Å². The molecule has 1 amide bonds. The van der Waals surface area contributed by atoms with Crippen molar-refractivity contribution < 1.29 is 14.3 Å². The summed E-state index contributed by atoms with van der Waals surface area (Å²) in [5.74, 6) is -0.363. The fraction of sp³-hybridized carbons (Fsp3) is 0.0800. The Morgan fingerprint density at radius 1 is 1.03 bits per heavy atom. The standard InChI is InChI=1S/C25H16N2O4S/c1-13-9-10-17-19(11-13)32-25(26-17)27-21(14-5-4-6-15(28)12-14)20-22(29)16-7-2-3-8-18(16)31-23(20)24(27)30/h2-12,21,28H,1H3/t21-/m1/s1. The smallest absolute Gasteiger partial charge is 0.297 e. The van der Waals surface area contributed by atoms with Crippen LogP contribution in [-0.2, 0) is 0 Å². The number of carbonyl (C=O) groups excluding carboxylic acids is 1. The van der Waals surface area contributed by atoms with Crippen LogP contribution in [0.15, 0.2) is 75.9 Å². The number of para-hydroxylation sites is 1. The van der Waals surface area contributed by atoms with Gasteiger partial charge in [-0.3, -0.25) is 14.5 Å². The molecule has 1 aliphatic heterocycles. The molecule has 0 saturated heterocycles. The van der Waals surface area contributed by atoms with Crippen molar-refractivity contribution in [3.05, 3.63) is 99.4 Å². The van der Waals surface area contributed by atoms with E-state index in [9.17, 15) is 14.7 Å². The van der Waals surface area contributed by atoms with Crippen LogP contribution >= 0.6 is 11.3 Å². The third-order valence-electron chi connectivity index (χ3n) is 5.70. The molecule has 5 aromatic rings. The van der Waals surface area contributed by atoms with Gasteiger partial charge in [-0.15, -0.1) is 0 Å². The topological polar surface area (TPSA) is 83.6 Å².